The van der Waals surface area contributed by atoms with E-state index in [2.05, 4.69) is 0 Å². The Morgan fingerprint density at radius 2 is 1.86 bits per heavy atom. The molecule has 1 amide bonds. The van der Waals surface area contributed by atoms with Gasteiger partial charge in [-0.15, -0.1) is 0 Å². The average Bonchev–Trinajstić information content (AvgIpc) is 2.72. The number of esters is 1. The molecule has 1 aliphatic rings. The first-order valence-corrected chi connectivity index (χ1v) is 9.11. The van der Waals surface area contributed by atoms with Gasteiger partial charge in [0.15, 0.2) is 6.61 Å². The van der Waals surface area contributed by atoms with Crippen molar-refractivity contribution in [1.82, 2.24) is 4.90 Å². The lowest BCUT2D eigenvalue weighted by atomic mass is 10.1. The minimum Gasteiger partial charge on any atom is -0.480 e. The standard InChI is InChI=1S/C20H19ClFNO5/c21-16-12-15(22)6-7-17(16)27-13-18(24)28-19(14-4-2-1-3-5-14)20(25)23-8-10-26-11-9-23/h1-7,12,19H,8-11,13H2/t19-/m1/s1. The van der Waals surface area contributed by atoms with E-state index >= 15 is 0 Å². The number of ether oxygens (including phenoxy) is 3. The van der Waals surface area contributed by atoms with Gasteiger partial charge < -0.3 is 19.1 Å². The molecule has 1 fully saturated rings. The monoisotopic (exact) mass is 407 g/mol. The molecular weight excluding hydrogens is 389 g/mol. The van der Waals surface area contributed by atoms with Gasteiger partial charge in [-0.3, -0.25) is 4.79 Å². The van der Waals surface area contributed by atoms with Crippen LogP contribution in [0.3, 0.4) is 0 Å². The molecule has 8 heteroatoms. The molecule has 0 spiro atoms. The highest BCUT2D eigenvalue weighted by atomic mass is 35.5. The third kappa shape index (κ3) is 5.21. The summed E-state index contributed by atoms with van der Waals surface area (Å²) in [5.74, 6) is -1.42. The molecule has 2 aromatic carbocycles. The molecule has 0 N–H and O–H groups in total. The predicted octanol–water partition coefficient (Wildman–Crippen LogP) is 3.00. The molecule has 148 valence electrons. The van der Waals surface area contributed by atoms with Crippen molar-refractivity contribution in [1.29, 1.82) is 0 Å². The molecule has 1 heterocycles. The van der Waals surface area contributed by atoms with Crippen molar-refractivity contribution < 1.29 is 28.2 Å². The van der Waals surface area contributed by atoms with Gasteiger partial charge in [0.25, 0.3) is 5.91 Å². The van der Waals surface area contributed by atoms with Crippen LogP contribution in [0.1, 0.15) is 11.7 Å². The van der Waals surface area contributed by atoms with E-state index in [-0.39, 0.29) is 16.7 Å². The number of hydrogen-bond acceptors (Lipinski definition) is 5. The van der Waals surface area contributed by atoms with Gasteiger partial charge in [-0.05, 0) is 18.2 Å². The first kappa shape index (κ1) is 20.1. The van der Waals surface area contributed by atoms with Crippen LogP contribution >= 0.6 is 11.6 Å². The van der Waals surface area contributed by atoms with Crippen molar-refractivity contribution in [2.75, 3.05) is 32.9 Å². The highest BCUT2D eigenvalue weighted by Crippen LogP contribution is 2.25. The Morgan fingerprint density at radius 3 is 2.54 bits per heavy atom. The van der Waals surface area contributed by atoms with Crippen LogP contribution < -0.4 is 4.74 Å². The first-order chi connectivity index (χ1) is 13.5. The van der Waals surface area contributed by atoms with Gasteiger partial charge in [0.1, 0.15) is 11.6 Å². The highest BCUT2D eigenvalue weighted by molar-refractivity contribution is 6.32. The van der Waals surface area contributed by atoms with Crippen LogP contribution in [0.2, 0.25) is 5.02 Å². The van der Waals surface area contributed by atoms with Gasteiger partial charge in [-0.1, -0.05) is 41.9 Å². The van der Waals surface area contributed by atoms with Gasteiger partial charge in [0.05, 0.1) is 18.2 Å². The van der Waals surface area contributed by atoms with E-state index in [4.69, 9.17) is 25.8 Å². The molecule has 0 saturated carbocycles. The summed E-state index contributed by atoms with van der Waals surface area (Å²) in [6.07, 6.45) is -1.08. The number of carbonyl (C=O) groups is 2. The second-order valence-corrected chi connectivity index (χ2v) is 6.49. The van der Waals surface area contributed by atoms with E-state index in [1.54, 1.807) is 35.2 Å². The molecule has 1 atom stereocenters. The third-order valence-electron chi connectivity index (χ3n) is 4.14. The molecule has 0 radical (unpaired) electrons. The first-order valence-electron chi connectivity index (χ1n) is 8.73. The topological polar surface area (TPSA) is 65.1 Å². The largest absolute Gasteiger partial charge is 0.480 e. The Labute approximate surface area is 166 Å². The molecule has 0 unspecified atom stereocenters. The third-order valence-corrected chi connectivity index (χ3v) is 4.43. The fourth-order valence-electron chi connectivity index (χ4n) is 2.73. The lowest BCUT2D eigenvalue weighted by Crippen LogP contribution is -2.44. The summed E-state index contributed by atoms with van der Waals surface area (Å²) in [4.78, 5) is 26.8. The predicted molar refractivity (Wildman–Crippen MR) is 99.6 cm³/mol. The summed E-state index contributed by atoms with van der Waals surface area (Å²) < 4.78 is 29.1. The number of benzene rings is 2. The van der Waals surface area contributed by atoms with Crippen LogP contribution in [-0.2, 0) is 19.1 Å². The zero-order valence-corrected chi connectivity index (χ0v) is 15.7. The number of morpholine rings is 1. The van der Waals surface area contributed by atoms with E-state index in [1.165, 1.54) is 12.1 Å². The molecule has 6 nitrogen and oxygen atoms in total. The van der Waals surface area contributed by atoms with Gasteiger partial charge in [0.2, 0.25) is 6.10 Å². The van der Waals surface area contributed by atoms with E-state index in [0.29, 0.717) is 31.9 Å². The summed E-state index contributed by atoms with van der Waals surface area (Å²) in [6.45, 7) is 1.27. The quantitative estimate of drug-likeness (QED) is 0.689. The van der Waals surface area contributed by atoms with Crippen LogP contribution in [0.5, 0.6) is 5.75 Å². The second kappa shape index (κ2) is 9.52. The number of rotatable bonds is 6. The summed E-state index contributed by atoms with van der Waals surface area (Å²) in [5, 5.41) is 0.0387. The molecule has 0 bridgehead atoms. The zero-order chi connectivity index (χ0) is 19.9. The maximum Gasteiger partial charge on any atom is 0.345 e. The summed E-state index contributed by atoms with van der Waals surface area (Å²) in [7, 11) is 0. The van der Waals surface area contributed by atoms with Crippen molar-refractivity contribution in [3.63, 3.8) is 0 Å². The normalized spacial score (nSPS) is 15.0. The van der Waals surface area contributed by atoms with E-state index in [0.717, 1.165) is 6.07 Å². The Morgan fingerprint density at radius 1 is 1.14 bits per heavy atom. The van der Waals surface area contributed by atoms with Crippen molar-refractivity contribution in [2.45, 2.75) is 6.10 Å². The molecule has 28 heavy (non-hydrogen) atoms. The highest BCUT2D eigenvalue weighted by Gasteiger charge is 2.30. The van der Waals surface area contributed by atoms with Crippen LogP contribution in [0.4, 0.5) is 4.39 Å². The van der Waals surface area contributed by atoms with Gasteiger partial charge in [-0.2, -0.15) is 0 Å². The fraction of sp³-hybridized carbons (Fsp3) is 0.300. The summed E-state index contributed by atoms with van der Waals surface area (Å²) in [5.41, 5.74) is 0.562. The minimum atomic E-state index is -1.08. The van der Waals surface area contributed by atoms with Crippen molar-refractivity contribution in [3.05, 3.63) is 64.9 Å². The number of halogens is 2. The number of nitrogens with zero attached hydrogens (tertiary/aromatic N) is 1. The molecule has 3 rings (SSSR count). The zero-order valence-electron chi connectivity index (χ0n) is 15.0. The van der Waals surface area contributed by atoms with Crippen molar-refractivity contribution in [3.8, 4) is 5.75 Å². The Balaban J connectivity index is 1.68. The minimum absolute atomic E-state index is 0.0387. The van der Waals surface area contributed by atoms with Crippen molar-refractivity contribution >= 4 is 23.5 Å². The van der Waals surface area contributed by atoms with E-state index in [1.807, 2.05) is 0 Å². The Kier molecular flexibility index (Phi) is 6.84. The van der Waals surface area contributed by atoms with Crippen LogP contribution in [0.15, 0.2) is 48.5 Å². The summed E-state index contributed by atoms with van der Waals surface area (Å²) >= 11 is 5.88. The maximum absolute atomic E-state index is 13.1. The van der Waals surface area contributed by atoms with E-state index < -0.39 is 24.5 Å². The fourth-order valence-corrected chi connectivity index (χ4v) is 2.95. The molecule has 1 saturated heterocycles. The van der Waals surface area contributed by atoms with Crippen molar-refractivity contribution in [2.24, 2.45) is 0 Å². The number of amides is 1. The molecule has 1 aliphatic heterocycles. The molecule has 2 aromatic rings. The van der Waals surface area contributed by atoms with Crippen LogP contribution in [0, 0.1) is 5.82 Å². The SMILES string of the molecule is O=C(COc1ccc(F)cc1Cl)O[C@@H](C(=O)N1CCOCC1)c1ccccc1. The van der Waals surface area contributed by atoms with Gasteiger partial charge in [0, 0.05) is 18.7 Å². The van der Waals surface area contributed by atoms with Gasteiger partial charge in [-0.25, -0.2) is 9.18 Å². The Bertz CT molecular complexity index is 827. The van der Waals surface area contributed by atoms with Gasteiger partial charge >= 0.3 is 5.97 Å². The second-order valence-electron chi connectivity index (χ2n) is 6.08. The molecule has 0 aliphatic carbocycles. The smallest absolute Gasteiger partial charge is 0.345 e. The maximum atomic E-state index is 13.1. The lowest BCUT2D eigenvalue weighted by Gasteiger charge is -2.30. The van der Waals surface area contributed by atoms with Crippen LogP contribution in [0.25, 0.3) is 0 Å². The Hall–Kier alpha value is -2.64. The van der Waals surface area contributed by atoms with E-state index in [9.17, 15) is 14.0 Å². The summed E-state index contributed by atoms with van der Waals surface area (Å²) in [6, 6.07) is 12.3. The number of carbonyl (C=O) groups excluding carboxylic acids is 2. The lowest BCUT2D eigenvalue weighted by molar-refractivity contribution is -0.164. The molecular formula is C20H19ClFNO5. The number of hydrogen-bond donors (Lipinski definition) is 0. The average molecular weight is 408 g/mol. The molecule has 0 aromatic heterocycles. The van der Waals surface area contributed by atoms with Crippen LogP contribution in [-0.4, -0.2) is 49.7 Å².